The van der Waals surface area contributed by atoms with Gasteiger partial charge in [-0.25, -0.2) is 4.98 Å². The Balaban J connectivity index is 1.73. The zero-order chi connectivity index (χ0) is 15.4. The molecule has 2 aromatic rings. The normalized spacial score (nSPS) is 19.6. The molecule has 1 N–H and O–H groups in total. The lowest BCUT2D eigenvalue weighted by Crippen LogP contribution is -2.42. The lowest BCUT2D eigenvalue weighted by atomic mass is 10.00. The van der Waals surface area contributed by atoms with Gasteiger partial charge in [0, 0.05) is 25.7 Å². The van der Waals surface area contributed by atoms with Crippen molar-refractivity contribution in [1.29, 1.82) is 0 Å². The van der Waals surface area contributed by atoms with Crippen LogP contribution in [0.4, 0.5) is 0 Å². The van der Waals surface area contributed by atoms with Gasteiger partial charge in [-0.2, -0.15) is 0 Å². The first kappa shape index (κ1) is 15.2. The zero-order valence-electron chi connectivity index (χ0n) is 12.8. The van der Waals surface area contributed by atoms with E-state index in [2.05, 4.69) is 9.88 Å². The summed E-state index contributed by atoms with van der Waals surface area (Å²) >= 11 is 0. The third-order valence-corrected chi connectivity index (χ3v) is 4.57. The molecule has 5 nitrogen and oxygen atoms in total. The summed E-state index contributed by atoms with van der Waals surface area (Å²) in [7, 11) is 0. The van der Waals surface area contributed by atoms with Crippen LogP contribution in [0.1, 0.15) is 25.7 Å². The number of rotatable bonds is 5. The number of aliphatic hydroxyl groups is 1. The predicted molar refractivity (Wildman–Crippen MR) is 86.9 cm³/mol. The highest BCUT2D eigenvalue weighted by Gasteiger charge is 2.21. The molecule has 2 heterocycles. The molecule has 0 spiro atoms. The fourth-order valence-electron chi connectivity index (χ4n) is 3.33. The quantitative estimate of drug-likeness (QED) is 0.912. The van der Waals surface area contributed by atoms with Crippen LogP contribution in [0.5, 0.6) is 0 Å². The van der Waals surface area contributed by atoms with E-state index in [1.54, 1.807) is 10.9 Å². The second-order valence-electron chi connectivity index (χ2n) is 5.96. The van der Waals surface area contributed by atoms with Gasteiger partial charge in [0.05, 0.1) is 17.2 Å². The van der Waals surface area contributed by atoms with Gasteiger partial charge in [-0.15, -0.1) is 0 Å². The Morgan fingerprint density at radius 3 is 2.95 bits per heavy atom. The maximum Gasteiger partial charge on any atom is 0.261 e. The van der Waals surface area contributed by atoms with Crippen molar-refractivity contribution in [3.63, 3.8) is 0 Å². The van der Waals surface area contributed by atoms with Gasteiger partial charge in [0.15, 0.2) is 0 Å². The van der Waals surface area contributed by atoms with Crippen molar-refractivity contribution in [2.75, 3.05) is 19.7 Å². The molecule has 118 valence electrons. The maximum absolute atomic E-state index is 12.5. The number of nitrogens with zero attached hydrogens (tertiary/aromatic N) is 3. The second-order valence-corrected chi connectivity index (χ2v) is 5.96. The van der Waals surface area contributed by atoms with Crippen LogP contribution in [0.25, 0.3) is 10.9 Å². The Morgan fingerprint density at radius 2 is 2.09 bits per heavy atom. The molecule has 1 aliphatic rings. The van der Waals surface area contributed by atoms with Crippen LogP contribution in [0, 0.1) is 0 Å². The molecule has 0 radical (unpaired) electrons. The Bertz CT molecular complexity index is 681. The van der Waals surface area contributed by atoms with Crippen molar-refractivity contribution in [3.05, 3.63) is 40.9 Å². The first-order valence-corrected chi connectivity index (χ1v) is 8.08. The molecule has 5 heteroatoms. The van der Waals surface area contributed by atoms with E-state index < -0.39 is 0 Å². The van der Waals surface area contributed by atoms with Gasteiger partial charge in [0.1, 0.15) is 0 Å². The van der Waals surface area contributed by atoms with Crippen LogP contribution in [0.15, 0.2) is 35.4 Å². The molecular weight excluding hydrogens is 278 g/mol. The summed E-state index contributed by atoms with van der Waals surface area (Å²) in [6.45, 7) is 2.78. The molecule has 1 fully saturated rings. The molecule has 0 aliphatic carbocycles. The molecule has 1 atom stereocenters. The SMILES string of the molecule is O=c1c2ccccc2ncn1CCN1CCCCC1CCO. The number of fused-ring (bicyclic) bond motifs is 1. The van der Waals surface area contributed by atoms with E-state index in [0.29, 0.717) is 18.0 Å². The molecule has 1 aromatic heterocycles. The van der Waals surface area contributed by atoms with Crippen LogP contribution < -0.4 is 5.56 Å². The fourth-order valence-corrected chi connectivity index (χ4v) is 3.33. The topological polar surface area (TPSA) is 58.4 Å². The van der Waals surface area contributed by atoms with Crippen molar-refractivity contribution < 1.29 is 5.11 Å². The minimum atomic E-state index is 0.0290. The van der Waals surface area contributed by atoms with Crippen molar-refractivity contribution >= 4 is 10.9 Å². The van der Waals surface area contributed by atoms with Gasteiger partial charge in [0.2, 0.25) is 0 Å². The average molecular weight is 301 g/mol. The van der Waals surface area contributed by atoms with E-state index >= 15 is 0 Å². The molecule has 1 aromatic carbocycles. The Morgan fingerprint density at radius 1 is 1.23 bits per heavy atom. The van der Waals surface area contributed by atoms with E-state index in [1.807, 2.05) is 24.3 Å². The average Bonchev–Trinajstić information content (AvgIpc) is 2.56. The van der Waals surface area contributed by atoms with Crippen LogP contribution >= 0.6 is 0 Å². The Labute approximate surface area is 130 Å². The molecular formula is C17H23N3O2. The number of hydrogen-bond acceptors (Lipinski definition) is 4. The standard InChI is InChI=1S/C17H23N3O2/c21-12-8-14-5-3-4-9-19(14)10-11-20-13-18-16-7-2-1-6-15(16)17(20)22/h1-2,6-7,13-14,21H,3-5,8-12H2. The number of piperidine rings is 1. The minimum absolute atomic E-state index is 0.0290. The minimum Gasteiger partial charge on any atom is -0.396 e. The zero-order valence-corrected chi connectivity index (χ0v) is 12.8. The molecule has 0 amide bonds. The Kier molecular flexibility index (Phi) is 4.85. The first-order valence-electron chi connectivity index (χ1n) is 8.08. The van der Waals surface area contributed by atoms with Crippen molar-refractivity contribution in [2.45, 2.75) is 38.3 Å². The van der Waals surface area contributed by atoms with E-state index in [-0.39, 0.29) is 12.2 Å². The number of aliphatic hydroxyl groups excluding tert-OH is 1. The van der Waals surface area contributed by atoms with Gasteiger partial charge in [-0.05, 0) is 37.9 Å². The van der Waals surface area contributed by atoms with Gasteiger partial charge in [0.25, 0.3) is 5.56 Å². The number of likely N-dealkylation sites (tertiary alicyclic amines) is 1. The lowest BCUT2D eigenvalue weighted by Gasteiger charge is -2.35. The summed E-state index contributed by atoms with van der Waals surface area (Å²) in [4.78, 5) is 19.2. The highest BCUT2D eigenvalue weighted by atomic mass is 16.3. The van der Waals surface area contributed by atoms with Gasteiger partial charge in [-0.3, -0.25) is 14.3 Å². The predicted octanol–water partition coefficient (Wildman–Crippen LogP) is 1.63. The number of aromatic nitrogens is 2. The highest BCUT2D eigenvalue weighted by molar-refractivity contribution is 5.76. The van der Waals surface area contributed by atoms with Gasteiger partial charge in [-0.1, -0.05) is 18.6 Å². The summed E-state index contributed by atoms with van der Waals surface area (Å²) < 4.78 is 1.70. The monoisotopic (exact) mass is 301 g/mol. The van der Waals surface area contributed by atoms with E-state index in [9.17, 15) is 9.90 Å². The second kappa shape index (κ2) is 7.03. The van der Waals surface area contributed by atoms with Crippen molar-refractivity contribution in [3.8, 4) is 0 Å². The van der Waals surface area contributed by atoms with Crippen LogP contribution in [-0.2, 0) is 6.54 Å². The maximum atomic E-state index is 12.5. The molecule has 3 rings (SSSR count). The Hall–Kier alpha value is -1.72. The molecule has 1 aliphatic heterocycles. The number of hydrogen-bond donors (Lipinski definition) is 1. The molecule has 1 saturated heterocycles. The number of para-hydroxylation sites is 1. The fraction of sp³-hybridized carbons (Fsp3) is 0.529. The molecule has 1 unspecified atom stereocenters. The third kappa shape index (κ3) is 3.20. The van der Waals surface area contributed by atoms with Crippen molar-refractivity contribution in [1.82, 2.24) is 14.5 Å². The van der Waals surface area contributed by atoms with Crippen LogP contribution in [0.2, 0.25) is 0 Å². The van der Waals surface area contributed by atoms with Crippen LogP contribution in [-0.4, -0.2) is 45.3 Å². The number of benzene rings is 1. The van der Waals surface area contributed by atoms with Gasteiger partial charge >= 0.3 is 0 Å². The van der Waals surface area contributed by atoms with Crippen molar-refractivity contribution in [2.24, 2.45) is 0 Å². The summed E-state index contributed by atoms with van der Waals surface area (Å²) in [5.41, 5.74) is 0.779. The summed E-state index contributed by atoms with van der Waals surface area (Å²) in [6.07, 6.45) is 6.05. The summed E-state index contributed by atoms with van der Waals surface area (Å²) in [6, 6.07) is 7.91. The molecule has 0 bridgehead atoms. The molecule has 22 heavy (non-hydrogen) atoms. The van der Waals surface area contributed by atoms with Crippen LogP contribution in [0.3, 0.4) is 0 Å². The summed E-state index contributed by atoms with van der Waals surface area (Å²) in [5, 5.41) is 9.87. The van der Waals surface area contributed by atoms with E-state index in [4.69, 9.17) is 0 Å². The van der Waals surface area contributed by atoms with E-state index in [1.165, 1.54) is 12.8 Å². The lowest BCUT2D eigenvalue weighted by molar-refractivity contribution is 0.115. The molecule has 0 saturated carbocycles. The first-order chi connectivity index (χ1) is 10.8. The smallest absolute Gasteiger partial charge is 0.261 e. The largest absolute Gasteiger partial charge is 0.396 e. The van der Waals surface area contributed by atoms with E-state index in [0.717, 1.165) is 31.4 Å². The summed E-state index contributed by atoms with van der Waals surface area (Å²) in [5.74, 6) is 0. The third-order valence-electron chi connectivity index (χ3n) is 4.57. The van der Waals surface area contributed by atoms with Gasteiger partial charge < -0.3 is 5.11 Å². The highest BCUT2D eigenvalue weighted by Crippen LogP contribution is 2.19.